The molecule has 1 heterocycles. The predicted molar refractivity (Wildman–Crippen MR) is 148 cm³/mol. The Hall–Kier alpha value is -4.44. The van der Waals surface area contributed by atoms with Crippen molar-refractivity contribution in [3.8, 4) is 0 Å². The third kappa shape index (κ3) is 4.75. The second-order valence-electron chi connectivity index (χ2n) is 10.6. The average molecular weight is 542 g/mol. The molecule has 1 aliphatic rings. The summed E-state index contributed by atoms with van der Waals surface area (Å²) in [4.78, 5) is 28.9. The van der Waals surface area contributed by atoms with Crippen LogP contribution in [0.4, 0.5) is 4.39 Å². The maximum Gasteiger partial charge on any atom is 0.253 e. The second-order valence-corrected chi connectivity index (χ2v) is 10.6. The van der Waals surface area contributed by atoms with E-state index < -0.39 is 11.5 Å². The van der Waals surface area contributed by atoms with Gasteiger partial charge in [0.2, 0.25) is 0 Å². The standard InChI is InChI=1S/C30H32FN7O2/c1-37(2)27(39)21-9-13-24-19(15-21)5-6-20-16-22(28(40)38(3)4)10-14-25(20)30(24,29-33-35-36-34-29)17-26(32)18-7-11-23(31)12-8-18/h7-16,26H,5-6,17,32H2,1-4H3,(H,33,34,35,36)/t26-/m0/s1. The van der Waals surface area contributed by atoms with Gasteiger partial charge in [0.25, 0.3) is 11.8 Å². The van der Waals surface area contributed by atoms with Crippen LogP contribution in [-0.2, 0) is 18.3 Å². The summed E-state index contributed by atoms with van der Waals surface area (Å²) in [7, 11) is 6.88. The Bertz CT molecular complexity index is 1480. The summed E-state index contributed by atoms with van der Waals surface area (Å²) in [6.07, 6.45) is 1.59. The number of aryl methyl sites for hydroxylation is 2. The molecule has 10 heteroatoms. The van der Waals surface area contributed by atoms with E-state index in [0.29, 0.717) is 36.2 Å². The van der Waals surface area contributed by atoms with Crippen molar-refractivity contribution in [1.29, 1.82) is 0 Å². The van der Waals surface area contributed by atoms with Gasteiger partial charge in [-0.25, -0.2) is 4.39 Å². The molecule has 0 spiro atoms. The first kappa shape index (κ1) is 27.1. The summed E-state index contributed by atoms with van der Waals surface area (Å²) in [5, 5.41) is 15.4. The maximum absolute atomic E-state index is 13.7. The molecule has 0 bridgehead atoms. The van der Waals surface area contributed by atoms with E-state index in [9.17, 15) is 14.0 Å². The van der Waals surface area contributed by atoms with Crippen molar-refractivity contribution in [3.05, 3.63) is 111 Å². The van der Waals surface area contributed by atoms with Crippen molar-refractivity contribution in [2.45, 2.75) is 30.7 Å². The van der Waals surface area contributed by atoms with Gasteiger partial charge >= 0.3 is 0 Å². The van der Waals surface area contributed by atoms with Crippen LogP contribution in [0.2, 0.25) is 0 Å². The molecule has 0 aliphatic heterocycles. The van der Waals surface area contributed by atoms with Gasteiger partial charge in [0.1, 0.15) is 5.82 Å². The first-order valence-corrected chi connectivity index (χ1v) is 13.1. The second kappa shape index (κ2) is 10.6. The van der Waals surface area contributed by atoms with Crippen LogP contribution in [0.3, 0.4) is 0 Å². The van der Waals surface area contributed by atoms with Crippen LogP contribution in [0.25, 0.3) is 0 Å². The molecule has 4 aromatic rings. The number of benzene rings is 3. The molecule has 0 radical (unpaired) electrons. The molecule has 2 amide bonds. The Labute approximate surface area is 232 Å². The Morgan fingerprint density at radius 2 is 1.43 bits per heavy atom. The topological polar surface area (TPSA) is 121 Å². The molecule has 1 atom stereocenters. The SMILES string of the molecule is CN(C)C(=O)c1ccc2c(c1)CCc1cc(C(=O)N(C)C)ccc1C2(C[C@H](N)c1ccc(F)cc1)c1nn[nH]n1. The van der Waals surface area contributed by atoms with Crippen LogP contribution in [0, 0.1) is 5.82 Å². The Morgan fingerprint density at radius 3 is 1.88 bits per heavy atom. The van der Waals surface area contributed by atoms with Gasteiger partial charge in [-0.3, -0.25) is 9.59 Å². The molecule has 40 heavy (non-hydrogen) atoms. The zero-order valence-electron chi connectivity index (χ0n) is 23.0. The van der Waals surface area contributed by atoms with Crippen molar-refractivity contribution in [2.24, 2.45) is 5.73 Å². The van der Waals surface area contributed by atoms with Gasteiger partial charge in [0.15, 0.2) is 5.82 Å². The quantitative estimate of drug-likeness (QED) is 0.387. The summed E-state index contributed by atoms with van der Waals surface area (Å²) >= 11 is 0. The normalized spacial score (nSPS) is 14.4. The molecule has 1 aliphatic carbocycles. The zero-order chi connectivity index (χ0) is 28.6. The molecular formula is C30H32FN7O2. The zero-order valence-corrected chi connectivity index (χ0v) is 23.0. The summed E-state index contributed by atoms with van der Waals surface area (Å²) in [5.41, 5.74) is 11.5. The number of nitrogens with zero attached hydrogens (tertiary/aromatic N) is 5. The van der Waals surface area contributed by atoms with E-state index in [2.05, 4.69) is 20.6 Å². The fourth-order valence-corrected chi connectivity index (χ4v) is 5.68. The fourth-order valence-electron chi connectivity index (χ4n) is 5.68. The Kier molecular flexibility index (Phi) is 7.20. The first-order valence-electron chi connectivity index (χ1n) is 13.1. The van der Waals surface area contributed by atoms with Crippen LogP contribution >= 0.6 is 0 Å². The minimum absolute atomic E-state index is 0.100. The fraction of sp³-hybridized carbons (Fsp3) is 0.300. The highest BCUT2D eigenvalue weighted by atomic mass is 19.1. The van der Waals surface area contributed by atoms with Crippen LogP contribution in [0.15, 0.2) is 60.7 Å². The van der Waals surface area contributed by atoms with E-state index in [-0.39, 0.29) is 17.6 Å². The molecule has 0 saturated carbocycles. The highest BCUT2D eigenvalue weighted by Gasteiger charge is 2.46. The number of amides is 2. The van der Waals surface area contributed by atoms with E-state index in [1.54, 1.807) is 50.1 Å². The maximum atomic E-state index is 13.7. The number of rotatable bonds is 6. The number of carbonyl (C=O) groups is 2. The predicted octanol–water partition coefficient (Wildman–Crippen LogP) is 3.27. The smallest absolute Gasteiger partial charge is 0.253 e. The minimum Gasteiger partial charge on any atom is -0.345 e. The molecule has 1 aromatic heterocycles. The van der Waals surface area contributed by atoms with Gasteiger partial charge in [0, 0.05) is 45.4 Å². The lowest BCUT2D eigenvalue weighted by Crippen LogP contribution is -2.36. The van der Waals surface area contributed by atoms with Crippen LogP contribution in [-0.4, -0.2) is 70.4 Å². The molecule has 0 fully saturated rings. The molecule has 0 unspecified atom stereocenters. The summed E-state index contributed by atoms with van der Waals surface area (Å²) in [5.74, 6) is -0.119. The lowest BCUT2D eigenvalue weighted by Gasteiger charge is -2.36. The molecular weight excluding hydrogens is 509 g/mol. The van der Waals surface area contributed by atoms with Gasteiger partial charge < -0.3 is 15.5 Å². The van der Waals surface area contributed by atoms with E-state index in [1.807, 2.05) is 36.4 Å². The van der Waals surface area contributed by atoms with Gasteiger partial charge in [-0.05, 0) is 83.5 Å². The number of hydrogen-bond donors (Lipinski definition) is 2. The number of aromatic amines is 1. The number of tetrazole rings is 1. The van der Waals surface area contributed by atoms with E-state index in [1.165, 1.54) is 12.1 Å². The van der Waals surface area contributed by atoms with E-state index >= 15 is 0 Å². The molecule has 9 nitrogen and oxygen atoms in total. The monoisotopic (exact) mass is 541 g/mol. The number of hydrogen-bond acceptors (Lipinski definition) is 6. The molecule has 3 aromatic carbocycles. The van der Waals surface area contributed by atoms with Gasteiger partial charge in [-0.15, -0.1) is 10.2 Å². The molecule has 5 rings (SSSR count). The third-order valence-electron chi connectivity index (χ3n) is 7.65. The first-order chi connectivity index (χ1) is 19.1. The largest absolute Gasteiger partial charge is 0.345 e. The molecule has 0 saturated heterocycles. The van der Waals surface area contributed by atoms with E-state index in [4.69, 9.17) is 5.73 Å². The van der Waals surface area contributed by atoms with Gasteiger partial charge in [-0.2, -0.15) is 5.21 Å². The van der Waals surface area contributed by atoms with E-state index in [0.717, 1.165) is 27.8 Å². The van der Waals surface area contributed by atoms with Crippen molar-refractivity contribution < 1.29 is 14.0 Å². The average Bonchev–Trinajstić information content (AvgIpc) is 3.45. The highest BCUT2D eigenvalue weighted by molar-refractivity contribution is 5.95. The minimum atomic E-state index is -0.971. The van der Waals surface area contributed by atoms with Crippen LogP contribution < -0.4 is 5.73 Å². The third-order valence-corrected chi connectivity index (χ3v) is 7.65. The van der Waals surface area contributed by atoms with Crippen LogP contribution in [0.5, 0.6) is 0 Å². The number of aromatic nitrogens is 4. The van der Waals surface area contributed by atoms with Crippen molar-refractivity contribution in [1.82, 2.24) is 30.4 Å². The molecule has 206 valence electrons. The highest BCUT2D eigenvalue weighted by Crippen LogP contribution is 2.48. The van der Waals surface area contributed by atoms with Crippen molar-refractivity contribution in [2.75, 3.05) is 28.2 Å². The number of nitrogens with one attached hydrogen (secondary N) is 1. The lowest BCUT2D eigenvalue weighted by molar-refractivity contribution is 0.0820. The van der Waals surface area contributed by atoms with Gasteiger partial charge in [-0.1, -0.05) is 29.5 Å². The molecule has 3 N–H and O–H groups in total. The number of nitrogens with two attached hydrogens (primary N) is 1. The summed E-state index contributed by atoms with van der Waals surface area (Å²) in [6, 6.07) is 17.0. The summed E-state index contributed by atoms with van der Waals surface area (Å²) < 4.78 is 13.7. The Morgan fingerprint density at radius 1 is 0.900 bits per heavy atom. The van der Waals surface area contributed by atoms with Gasteiger partial charge in [0.05, 0.1) is 5.41 Å². The van der Waals surface area contributed by atoms with Crippen molar-refractivity contribution >= 4 is 11.8 Å². The number of fused-ring (bicyclic) bond motifs is 2. The Balaban J connectivity index is 1.77. The number of H-pyrrole nitrogens is 1. The lowest BCUT2D eigenvalue weighted by atomic mass is 9.67. The van der Waals surface area contributed by atoms with Crippen LogP contribution in [0.1, 0.15) is 66.8 Å². The summed E-state index contributed by atoms with van der Waals surface area (Å²) in [6.45, 7) is 0. The number of carbonyl (C=O) groups excluding carboxylic acids is 2. The number of halogens is 1. The van der Waals surface area contributed by atoms with Crippen molar-refractivity contribution in [3.63, 3.8) is 0 Å².